The molecule has 4 heterocycles. The van der Waals surface area contributed by atoms with Crippen LogP contribution < -0.4 is 4.90 Å². The second-order valence-electron chi connectivity index (χ2n) is 6.58. The Morgan fingerprint density at radius 2 is 1.79 bits per heavy atom. The van der Waals surface area contributed by atoms with Crippen LogP contribution in [0.15, 0.2) is 79.3 Å². The van der Waals surface area contributed by atoms with Crippen molar-refractivity contribution in [3.63, 3.8) is 0 Å². The van der Waals surface area contributed by atoms with Gasteiger partial charge in [0.05, 0.1) is 16.9 Å². The summed E-state index contributed by atoms with van der Waals surface area (Å²) < 4.78 is 0. The molecule has 0 fully saturated rings. The fourth-order valence-electron chi connectivity index (χ4n) is 3.65. The Morgan fingerprint density at radius 1 is 0.893 bits per heavy atom. The van der Waals surface area contributed by atoms with Gasteiger partial charge in [-0.15, -0.1) is 0 Å². The van der Waals surface area contributed by atoms with E-state index >= 15 is 0 Å². The van der Waals surface area contributed by atoms with Crippen LogP contribution in [0.2, 0.25) is 0 Å². The van der Waals surface area contributed by atoms with Gasteiger partial charge in [0, 0.05) is 41.8 Å². The quantitative estimate of drug-likeness (QED) is 0.468. The van der Waals surface area contributed by atoms with Crippen LogP contribution in [-0.2, 0) is 0 Å². The first-order chi connectivity index (χ1) is 13.8. The van der Waals surface area contributed by atoms with E-state index in [1.54, 1.807) is 6.20 Å². The first kappa shape index (κ1) is 16.4. The molecule has 0 spiro atoms. The van der Waals surface area contributed by atoms with Crippen LogP contribution in [0.4, 0.5) is 11.4 Å². The molecule has 0 saturated carbocycles. The molecule has 0 bridgehead atoms. The molecule has 1 N–H and O–H groups in total. The number of para-hydroxylation sites is 1. The van der Waals surface area contributed by atoms with Crippen LogP contribution in [-0.4, -0.2) is 26.5 Å². The third kappa shape index (κ3) is 2.68. The van der Waals surface area contributed by atoms with E-state index in [0.29, 0.717) is 0 Å². The van der Waals surface area contributed by atoms with E-state index in [1.165, 1.54) is 0 Å². The lowest BCUT2D eigenvalue weighted by Crippen LogP contribution is -2.16. The molecule has 5 heteroatoms. The van der Waals surface area contributed by atoms with Gasteiger partial charge in [0.25, 0.3) is 0 Å². The number of H-pyrrole nitrogens is 1. The molecule has 0 radical (unpaired) electrons. The molecular weight excluding hydrogens is 346 g/mol. The van der Waals surface area contributed by atoms with Crippen LogP contribution in [0.1, 0.15) is 6.92 Å². The average molecular weight is 365 g/mol. The molecule has 4 aromatic heterocycles. The highest BCUT2D eigenvalue weighted by atomic mass is 15.1. The Kier molecular flexibility index (Phi) is 3.98. The maximum absolute atomic E-state index is 5.01. The van der Waals surface area contributed by atoms with E-state index in [2.05, 4.69) is 57.1 Å². The molecule has 0 saturated heterocycles. The third-order valence-electron chi connectivity index (χ3n) is 4.96. The summed E-state index contributed by atoms with van der Waals surface area (Å²) in [5.74, 6) is 0. The molecule has 0 atom stereocenters. The predicted octanol–water partition coefficient (Wildman–Crippen LogP) is 5.33. The van der Waals surface area contributed by atoms with E-state index < -0.39 is 0 Å². The molecule has 0 aliphatic heterocycles. The van der Waals surface area contributed by atoms with Crippen molar-refractivity contribution < 1.29 is 0 Å². The van der Waals surface area contributed by atoms with E-state index in [4.69, 9.17) is 4.98 Å². The fourth-order valence-corrected chi connectivity index (χ4v) is 3.65. The van der Waals surface area contributed by atoms with Crippen molar-refractivity contribution in [3.05, 3.63) is 79.3 Å². The lowest BCUT2D eigenvalue weighted by atomic mass is 10.1. The standard InChI is InChI=1S/C23H19N5/c1-2-28(16-7-4-3-5-8-16)21-12-14-24-20-11-10-19(27-22(20)21)18-15-26-23-17(18)9-6-13-25-23/h3-15H,2H2,1H3,(H,25,26). The summed E-state index contributed by atoms with van der Waals surface area (Å²) in [6, 6.07) is 20.5. The second-order valence-corrected chi connectivity index (χ2v) is 6.58. The minimum absolute atomic E-state index is 0.839. The first-order valence-electron chi connectivity index (χ1n) is 9.36. The predicted molar refractivity (Wildman–Crippen MR) is 114 cm³/mol. The summed E-state index contributed by atoms with van der Waals surface area (Å²) in [5.41, 5.74) is 6.79. The monoisotopic (exact) mass is 365 g/mol. The number of pyridine rings is 3. The molecule has 0 amide bonds. The largest absolute Gasteiger partial charge is 0.345 e. The van der Waals surface area contributed by atoms with Gasteiger partial charge in [0.1, 0.15) is 11.2 Å². The van der Waals surface area contributed by atoms with E-state index in [0.717, 1.165) is 51.2 Å². The summed E-state index contributed by atoms with van der Waals surface area (Å²) in [5, 5.41) is 1.06. The van der Waals surface area contributed by atoms with E-state index in [1.807, 2.05) is 42.7 Å². The Bertz CT molecular complexity index is 1260. The number of aromatic amines is 1. The normalized spacial score (nSPS) is 11.2. The van der Waals surface area contributed by atoms with E-state index in [9.17, 15) is 0 Å². The highest BCUT2D eigenvalue weighted by Gasteiger charge is 2.14. The highest BCUT2D eigenvalue weighted by Crippen LogP contribution is 2.33. The van der Waals surface area contributed by atoms with Crippen molar-refractivity contribution in [2.24, 2.45) is 0 Å². The van der Waals surface area contributed by atoms with Crippen molar-refractivity contribution in [2.75, 3.05) is 11.4 Å². The third-order valence-corrected chi connectivity index (χ3v) is 4.96. The van der Waals surface area contributed by atoms with Crippen LogP contribution in [0.3, 0.4) is 0 Å². The summed E-state index contributed by atoms with van der Waals surface area (Å²) >= 11 is 0. The molecule has 5 aromatic rings. The molecule has 1 aromatic carbocycles. The van der Waals surface area contributed by atoms with Crippen molar-refractivity contribution in [3.8, 4) is 11.3 Å². The van der Waals surface area contributed by atoms with Gasteiger partial charge in [0.15, 0.2) is 0 Å². The number of rotatable bonds is 4. The van der Waals surface area contributed by atoms with Crippen LogP contribution in [0.25, 0.3) is 33.3 Å². The van der Waals surface area contributed by atoms with Crippen molar-refractivity contribution in [1.29, 1.82) is 0 Å². The Morgan fingerprint density at radius 3 is 2.64 bits per heavy atom. The minimum atomic E-state index is 0.839. The van der Waals surface area contributed by atoms with Gasteiger partial charge in [-0.1, -0.05) is 18.2 Å². The number of hydrogen-bond acceptors (Lipinski definition) is 4. The van der Waals surface area contributed by atoms with Gasteiger partial charge >= 0.3 is 0 Å². The van der Waals surface area contributed by atoms with E-state index in [-0.39, 0.29) is 0 Å². The summed E-state index contributed by atoms with van der Waals surface area (Å²) in [4.78, 5) is 19.4. The number of anilines is 2. The average Bonchev–Trinajstić information content (AvgIpc) is 3.19. The molecule has 0 aliphatic rings. The number of nitrogens with zero attached hydrogens (tertiary/aromatic N) is 4. The zero-order valence-electron chi connectivity index (χ0n) is 15.5. The summed E-state index contributed by atoms with van der Waals surface area (Å²) in [6.45, 7) is 2.99. The van der Waals surface area contributed by atoms with Crippen LogP contribution in [0.5, 0.6) is 0 Å². The number of hydrogen-bond donors (Lipinski definition) is 1. The van der Waals surface area contributed by atoms with Gasteiger partial charge < -0.3 is 9.88 Å². The number of benzene rings is 1. The zero-order chi connectivity index (χ0) is 18.9. The van der Waals surface area contributed by atoms with Gasteiger partial charge in [0.2, 0.25) is 0 Å². The van der Waals surface area contributed by atoms with Gasteiger partial charge in [-0.3, -0.25) is 4.98 Å². The highest BCUT2D eigenvalue weighted by molar-refractivity contribution is 5.96. The SMILES string of the molecule is CCN(c1ccccc1)c1ccnc2ccc(-c3c[nH]c4ncccc34)nc12. The molecule has 136 valence electrons. The Labute approximate surface area is 162 Å². The minimum Gasteiger partial charge on any atom is -0.345 e. The molecule has 0 aliphatic carbocycles. The van der Waals surface area contributed by atoms with Gasteiger partial charge in [-0.25, -0.2) is 9.97 Å². The maximum Gasteiger partial charge on any atom is 0.137 e. The Balaban J connectivity index is 1.70. The smallest absolute Gasteiger partial charge is 0.137 e. The number of fused-ring (bicyclic) bond motifs is 2. The fraction of sp³-hybridized carbons (Fsp3) is 0.0870. The molecule has 0 unspecified atom stereocenters. The molecular formula is C23H19N5. The zero-order valence-corrected chi connectivity index (χ0v) is 15.5. The van der Waals surface area contributed by atoms with Gasteiger partial charge in [-0.05, 0) is 49.4 Å². The molecule has 5 rings (SSSR count). The van der Waals surface area contributed by atoms with Crippen molar-refractivity contribution >= 4 is 33.4 Å². The number of aromatic nitrogens is 4. The van der Waals surface area contributed by atoms with Gasteiger partial charge in [-0.2, -0.15) is 0 Å². The van der Waals surface area contributed by atoms with Crippen LogP contribution in [0, 0.1) is 0 Å². The lowest BCUT2D eigenvalue weighted by molar-refractivity contribution is 1.02. The molecule has 5 nitrogen and oxygen atoms in total. The topological polar surface area (TPSA) is 57.7 Å². The second kappa shape index (κ2) is 6.78. The first-order valence-corrected chi connectivity index (χ1v) is 9.36. The van der Waals surface area contributed by atoms with Crippen molar-refractivity contribution in [1.82, 2.24) is 19.9 Å². The molecule has 28 heavy (non-hydrogen) atoms. The lowest BCUT2D eigenvalue weighted by Gasteiger charge is -2.24. The number of nitrogens with one attached hydrogen (secondary N) is 1. The summed E-state index contributed by atoms with van der Waals surface area (Å²) in [6.07, 6.45) is 5.61. The Hall–Kier alpha value is -3.73. The van der Waals surface area contributed by atoms with Crippen LogP contribution >= 0.6 is 0 Å². The maximum atomic E-state index is 5.01. The summed E-state index contributed by atoms with van der Waals surface area (Å²) in [7, 11) is 0. The van der Waals surface area contributed by atoms with Crippen molar-refractivity contribution in [2.45, 2.75) is 6.92 Å².